The topological polar surface area (TPSA) is 108 Å². The lowest BCUT2D eigenvalue weighted by Gasteiger charge is -2.31. The summed E-state index contributed by atoms with van der Waals surface area (Å²) in [7, 11) is 2.25. The summed E-state index contributed by atoms with van der Waals surface area (Å²) in [6.45, 7) is -0.384. The maximum absolute atomic E-state index is 13.5. The van der Waals surface area contributed by atoms with Crippen molar-refractivity contribution in [1.29, 1.82) is 0 Å². The Bertz CT molecular complexity index is 732. The van der Waals surface area contributed by atoms with Crippen LogP contribution in [0.15, 0.2) is 29.5 Å². The van der Waals surface area contributed by atoms with E-state index in [2.05, 4.69) is 9.47 Å². The molecule has 1 heterocycles. The Morgan fingerprint density at radius 2 is 1.96 bits per heavy atom. The molecule has 0 aromatic heterocycles. The van der Waals surface area contributed by atoms with Crippen LogP contribution in [0.3, 0.4) is 0 Å². The van der Waals surface area contributed by atoms with Crippen molar-refractivity contribution in [3.8, 4) is 0 Å². The molecule has 1 aromatic rings. The minimum atomic E-state index is -1.03. The lowest BCUT2D eigenvalue weighted by molar-refractivity contribution is -0.387. The van der Waals surface area contributed by atoms with E-state index in [9.17, 15) is 24.1 Å². The van der Waals surface area contributed by atoms with Crippen molar-refractivity contribution in [3.63, 3.8) is 0 Å². The number of hydrogen-bond donors (Lipinski definition) is 0. The normalized spacial score (nSPS) is 14.4. The van der Waals surface area contributed by atoms with E-state index in [1.54, 1.807) is 0 Å². The highest BCUT2D eigenvalue weighted by Gasteiger charge is 2.33. The Labute approximate surface area is 135 Å². The summed E-state index contributed by atoms with van der Waals surface area (Å²) in [6, 6.07) is 3.03. The maximum atomic E-state index is 13.5. The quantitative estimate of drug-likeness (QED) is 0.456. The van der Waals surface area contributed by atoms with E-state index in [1.807, 2.05) is 0 Å². The van der Waals surface area contributed by atoms with Crippen LogP contribution in [-0.4, -0.2) is 44.4 Å². The molecule has 0 saturated heterocycles. The highest BCUT2D eigenvalue weighted by atomic mass is 19.1. The number of nitrogens with zero attached hydrogens (tertiary/aromatic N) is 2. The molecule has 0 aliphatic carbocycles. The molecule has 0 spiro atoms. The van der Waals surface area contributed by atoms with E-state index < -0.39 is 28.4 Å². The number of hydrogen-bond acceptors (Lipinski definition) is 8. The van der Waals surface area contributed by atoms with Gasteiger partial charge in [-0.3, -0.25) is 10.1 Å². The zero-order chi connectivity index (χ0) is 17.9. The van der Waals surface area contributed by atoms with Crippen LogP contribution in [0.4, 0.5) is 15.8 Å². The molecule has 0 bridgehead atoms. The maximum Gasteiger partial charge on any atom is 0.355 e. The second kappa shape index (κ2) is 7.04. The summed E-state index contributed by atoms with van der Waals surface area (Å²) in [5.74, 6) is -2.69. The molecule has 0 atom stereocenters. The van der Waals surface area contributed by atoms with Gasteiger partial charge >= 0.3 is 17.6 Å². The van der Waals surface area contributed by atoms with Crippen LogP contribution >= 0.6 is 0 Å². The Kier molecular flexibility index (Phi) is 5.09. The first-order valence-electron chi connectivity index (χ1n) is 6.59. The molecule has 10 heteroatoms. The first kappa shape index (κ1) is 17.3. The number of nitro benzene ring substituents is 1. The van der Waals surface area contributed by atoms with Gasteiger partial charge in [-0.05, 0) is 12.1 Å². The van der Waals surface area contributed by atoms with Crippen LogP contribution in [0.1, 0.15) is 0 Å². The average Bonchev–Trinajstić information content (AvgIpc) is 2.59. The molecule has 24 heavy (non-hydrogen) atoms. The van der Waals surface area contributed by atoms with Crippen LogP contribution in [0.5, 0.6) is 0 Å². The van der Waals surface area contributed by atoms with Gasteiger partial charge in [0.25, 0.3) is 0 Å². The predicted octanol–water partition coefficient (Wildman–Crippen LogP) is 1.13. The SMILES string of the molecule is COC(=O)C1=C(C(=O)OC)N(c2ccc(F)c([N+](=O)[O-])c2)COC1. The lowest BCUT2D eigenvalue weighted by atomic mass is 10.1. The van der Waals surface area contributed by atoms with Crippen LogP contribution < -0.4 is 4.90 Å². The summed E-state index contributed by atoms with van der Waals surface area (Å²) in [6.07, 6.45) is 0. The van der Waals surface area contributed by atoms with Crippen LogP contribution in [0.25, 0.3) is 0 Å². The zero-order valence-electron chi connectivity index (χ0n) is 12.8. The van der Waals surface area contributed by atoms with Crippen molar-refractivity contribution in [3.05, 3.63) is 45.4 Å². The highest BCUT2D eigenvalue weighted by molar-refractivity contribution is 6.03. The fraction of sp³-hybridized carbons (Fsp3) is 0.286. The fourth-order valence-corrected chi connectivity index (χ4v) is 2.16. The predicted molar refractivity (Wildman–Crippen MR) is 77.4 cm³/mol. The van der Waals surface area contributed by atoms with Crippen molar-refractivity contribution in [1.82, 2.24) is 0 Å². The van der Waals surface area contributed by atoms with Crippen molar-refractivity contribution in [2.24, 2.45) is 0 Å². The third kappa shape index (κ3) is 3.18. The Morgan fingerprint density at radius 1 is 1.29 bits per heavy atom. The third-order valence-electron chi connectivity index (χ3n) is 3.27. The number of benzene rings is 1. The van der Waals surface area contributed by atoms with E-state index in [4.69, 9.17) is 4.74 Å². The van der Waals surface area contributed by atoms with Crippen LogP contribution in [0, 0.1) is 15.9 Å². The lowest BCUT2D eigenvalue weighted by Crippen LogP contribution is -2.38. The van der Waals surface area contributed by atoms with Gasteiger partial charge in [0.2, 0.25) is 5.82 Å². The number of methoxy groups -OCH3 is 2. The number of nitro groups is 1. The van der Waals surface area contributed by atoms with Crippen molar-refractivity contribution >= 4 is 23.3 Å². The number of esters is 2. The van der Waals surface area contributed by atoms with E-state index in [0.29, 0.717) is 0 Å². The smallest absolute Gasteiger partial charge is 0.355 e. The molecule has 0 amide bonds. The fourth-order valence-electron chi connectivity index (χ4n) is 2.16. The molecule has 1 aromatic carbocycles. The molecule has 0 radical (unpaired) electrons. The van der Waals surface area contributed by atoms with Gasteiger partial charge in [0.1, 0.15) is 12.4 Å². The molecular formula is C14H13FN2O7. The van der Waals surface area contributed by atoms with Crippen molar-refractivity contribution < 1.29 is 33.1 Å². The summed E-state index contributed by atoms with van der Waals surface area (Å²) in [4.78, 5) is 35.1. The van der Waals surface area contributed by atoms with Gasteiger partial charge in [-0.1, -0.05) is 0 Å². The standard InChI is InChI=1S/C14H13FN2O7/c1-22-13(18)9-6-24-7-16(12(9)14(19)23-2)8-3-4-10(15)11(5-8)17(20)21/h3-5H,6-7H2,1-2H3. The Hall–Kier alpha value is -3.01. The van der Waals surface area contributed by atoms with Crippen LogP contribution in [-0.2, 0) is 23.8 Å². The Balaban J connectivity index is 2.59. The first-order chi connectivity index (χ1) is 11.4. The number of carbonyl (C=O) groups is 2. The van der Waals surface area contributed by atoms with Gasteiger partial charge in [0.05, 0.1) is 37.0 Å². The van der Waals surface area contributed by atoms with E-state index in [-0.39, 0.29) is 30.3 Å². The molecule has 2 rings (SSSR count). The molecule has 1 aliphatic heterocycles. The van der Waals surface area contributed by atoms with Gasteiger partial charge in [-0.25, -0.2) is 9.59 Å². The van der Waals surface area contributed by atoms with Gasteiger partial charge < -0.3 is 19.1 Å². The molecule has 0 unspecified atom stereocenters. The monoisotopic (exact) mass is 340 g/mol. The number of ether oxygens (including phenoxy) is 3. The van der Waals surface area contributed by atoms with Crippen molar-refractivity contribution in [2.45, 2.75) is 0 Å². The summed E-state index contributed by atoms with van der Waals surface area (Å²) in [5.41, 5.74) is -0.981. The molecule has 0 N–H and O–H groups in total. The summed E-state index contributed by atoms with van der Waals surface area (Å²) in [5, 5.41) is 10.9. The summed E-state index contributed by atoms with van der Waals surface area (Å²) < 4.78 is 28.0. The number of rotatable bonds is 4. The summed E-state index contributed by atoms with van der Waals surface area (Å²) >= 11 is 0. The Morgan fingerprint density at radius 3 is 2.54 bits per heavy atom. The molecule has 9 nitrogen and oxygen atoms in total. The minimum absolute atomic E-state index is 0.0876. The third-order valence-corrected chi connectivity index (χ3v) is 3.27. The molecule has 128 valence electrons. The second-order valence-corrected chi connectivity index (χ2v) is 4.61. The molecular weight excluding hydrogens is 327 g/mol. The van der Waals surface area contributed by atoms with Gasteiger partial charge in [0.15, 0.2) is 0 Å². The van der Waals surface area contributed by atoms with E-state index in [1.165, 1.54) is 11.0 Å². The van der Waals surface area contributed by atoms with Gasteiger partial charge in [-0.15, -0.1) is 0 Å². The van der Waals surface area contributed by atoms with Crippen LogP contribution in [0.2, 0.25) is 0 Å². The van der Waals surface area contributed by atoms with Gasteiger partial charge in [-0.2, -0.15) is 4.39 Å². The molecule has 0 saturated carbocycles. The number of carbonyl (C=O) groups excluding carboxylic acids is 2. The minimum Gasteiger partial charge on any atom is -0.466 e. The number of halogens is 1. The van der Waals surface area contributed by atoms with Gasteiger partial charge in [0, 0.05) is 6.07 Å². The largest absolute Gasteiger partial charge is 0.466 e. The second-order valence-electron chi connectivity index (χ2n) is 4.61. The van der Waals surface area contributed by atoms with Crippen molar-refractivity contribution in [2.75, 3.05) is 32.5 Å². The van der Waals surface area contributed by atoms with E-state index >= 15 is 0 Å². The molecule has 1 aliphatic rings. The molecule has 0 fully saturated rings. The first-order valence-corrected chi connectivity index (χ1v) is 6.59. The highest BCUT2D eigenvalue weighted by Crippen LogP contribution is 2.30. The zero-order valence-corrected chi connectivity index (χ0v) is 12.8. The average molecular weight is 340 g/mol. The van der Waals surface area contributed by atoms with E-state index in [0.717, 1.165) is 26.4 Å². The number of anilines is 1.